The van der Waals surface area contributed by atoms with Gasteiger partial charge < -0.3 is 9.88 Å². The second-order valence-electron chi connectivity index (χ2n) is 5.99. The fourth-order valence-electron chi connectivity index (χ4n) is 2.62. The van der Waals surface area contributed by atoms with Gasteiger partial charge in [-0.05, 0) is 71.8 Å². The van der Waals surface area contributed by atoms with Crippen LogP contribution in [0.1, 0.15) is 18.9 Å². The van der Waals surface area contributed by atoms with Gasteiger partial charge in [-0.25, -0.2) is 0 Å². The zero-order valence-electron chi connectivity index (χ0n) is 15.1. The average Bonchev–Trinajstić information content (AvgIpc) is 3.06. The number of aromatic nitrogens is 4. The van der Waals surface area contributed by atoms with Gasteiger partial charge in [-0.3, -0.25) is 9.78 Å². The van der Waals surface area contributed by atoms with Crippen LogP contribution in [-0.2, 0) is 11.3 Å². The van der Waals surface area contributed by atoms with E-state index in [0.717, 1.165) is 44.3 Å². The summed E-state index contributed by atoms with van der Waals surface area (Å²) < 4.78 is 3.21. The molecule has 0 fully saturated rings. The van der Waals surface area contributed by atoms with Crippen molar-refractivity contribution in [3.63, 3.8) is 0 Å². The molecule has 27 heavy (non-hydrogen) atoms. The molecule has 0 radical (unpaired) electrons. The molecule has 0 saturated heterocycles. The van der Waals surface area contributed by atoms with Crippen LogP contribution in [0.3, 0.4) is 0 Å². The first kappa shape index (κ1) is 19.8. The van der Waals surface area contributed by atoms with E-state index in [1.54, 1.807) is 12.4 Å². The molecule has 140 valence electrons. The molecule has 0 spiro atoms. The van der Waals surface area contributed by atoms with E-state index < -0.39 is 0 Å². The molecule has 3 rings (SSSR count). The Hall–Kier alpha value is -1.94. The number of carbonyl (C=O) groups excluding carboxylic acids is 1. The van der Waals surface area contributed by atoms with Crippen molar-refractivity contribution < 1.29 is 4.79 Å². The van der Waals surface area contributed by atoms with E-state index in [1.165, 1.54) is 11.8 Å². The number of rotatable bonds is 7. The van der Waals surface area contributed by atoms with Crippen LogP contribution in [0.25, 0.3) is 11.4 Å². The standard InChI is InChI=1S/C19H20IN5OS/c1-3-10-25-18(14-6-8-21-9-7-14)23-24-19(25)27-12-17(26)22-16-5-4-15(20)11-13(16)2/h4-9,11H,3,10,12H2,1-2H3,(H,22,26). The van der Waals surface area contributed by atoms with Crippen LogP contribution in [0.15, 0.2) is 47.9 Å². The number of amides is 1. The summed E-state index contributed by atoms with van der Waals surface area (Å²) in [5.74, 6) is 1.03. The molecule has 0 bridgehead atoms. The van der Waals surface area contributed by atoms with Crippen molar-refractivity contribution in [2.24, 2.45) is 0 Å². The van der Waals surface area contributed by atoms with Crippen molar-refractivity contribution in [2.75, 3.05) is 11.1 Å². The topological polar surface area (TPSA) is 72.7 Å². The molecule has 1 aromatic carbocycles. The summed E-state index contributed by atoms with van der Waals surface area (Å²) in [4.78, 5) is 16.4. The number of anilines is 1. The average molecular weight is 493 g/mol. The lowest BCUT2D eigenvalue weighted by Crippen LogP contribution is -2.15. The van der Waals surface area contributed by atoms with Crippen LogP contribution in [0.2, 0.25) is 0 Å². The monoisotopic (exact) mass is 493 g/mol. The van der Waals surface area contributed by atoms with Crippen LogP contribution >= 0.6 is 34.4 Å². The van der Waals surface area contributed by atoms with E-state index in [9.17, 15) is 4.79 Å². The Kier molecular flexibility index (Phi) is 6.84. The number of pyridine rings is 1. The van der Waals surface area contributed by atoms with Crippen molar-refractivity contribution >= 4 is 45.9 Å². The molecule has 1 amide bonds. The summed E-state index contributed by atoms with van der Waals surface area (Å²) in [6, 6.07) is 9.78. The molecular weight excluding hydrogens is 473 g/mol. The highest BCUT2D eigenvalue weighted by Gasteiger charge is 2.15. The molecule has 0 aliphatic carbocycles. The number of aryl methyl sites for hydroxylation is 1. The van der Waals surface area contributed by atoms with E-state index in [2.05, 4.69) is 54.6 Å². The third-order valence-corrected chi connectivity index (χ3v) is 5.54. The lowest BCUT2D eigenvalue weighted by atomic mass is 10.2. The Balaban J connectivity index is 1.70. The Morgan fingerprint density at radius 3 is 2.70 bits per heavy atom. The van der Waals surface area contributed by atoms with E-state index in [4.69, 9.17) is 0 Å². The maximum absolute atomic E-state index is 12.4. The second kappa shape index (κ2) is 9.32. The Labute approximate surface area is 176 Å². The van der Waals surface area contributed by atoms with E-state index in [-0.39, 0.29) is 11.7 Å². The molecule has 8 heteroatoms. The molecule has 0 saturated carbocycles. The minimum atomic E-state index is -0.0548. The van der Waals surface area contributed by atoms with Crippen molar-refractivity contribution in [2.45, 2.75) is 32.0 Å². The first-order valence-corrected chi connectivity index (χ1v) is 10.7. The van der Waals surface area contributed by atoms with Gasteiger partial charge in [0.05, 0.1) is 5.75 Å². The Morgan fingerprint density at radius 2 is 2.00 bits per heavy atom. The van der Waals surface area contributed by atoms with Gasteiger partial charge in [0.15, 0.2) is 11.0 Å². The molecule has 1 N–H and O–H groups in total. The van der Waals surface area contributed by atoms with Crippen LogP contribution < -0.4 is 5.32 Å². The zero-order valence-corrected chi connectivity index (χ0v) is 18.1. The van der Waals surface area contributed by atoms with Crippen molar-refractivity contribution in [3.05, 3.63) is 51.9 Å². The maximum atomic E-state index is 12.4. The summed E-state index contributed by atoms with van der Waals surface area (Å²) >= 11 is 3.66. The highest BCUT2D eigenvalue weighted by Crippen LogP contribution is 2.24. The van der Waals surface area contributed by atoms with E-state index >= 15 is 0 Å². The number of nitrogens with zero attached hydrogens (tertiary/aromatic N) is 4. The van der Waals surface area contributed by atoms with Gasteiger partial charge in [0.2, 0.25) is 5.91 Å². The lowest BCUT2D eigenvalue weighted by Gasteiger charge is -2.10. The number of hydrogen-bond acceptors (Lipinski definition) is 5. The second-order valence-corrected chi connectivity index (χ2v) is 8.18. The molecule has 3 aromatic rings. The highest BCUT2D eigenvalue weighted by molar-refractivity contribution is 14.1. The third kappa shape index (κ3) is 5.07. The summed E-state index contributed by atoms with van der Waals surface area (Å²) in [6.07, 6.45) is 4.44. The predicted molar refractivity (Wildman–Crippen MR) is 117 cm³/mol. The normalized spacial score (nSPS) is 10.8. The molecule has 0 aliphatic rings. The molecule has 0 atom stereocenters. The summed E-state index contributed by atoms with van der Waals surface area (Å²) in [6.45, 7) is 4.89. The van der Waals surface area contributed by atoms with Gasteiger partial charge in [0.1, 0.15) is 0 Å². The zero-order chi connectivity index (χ0) is 19.2. The molecule has 2 aromatic heterocycles. The SMILES string of the molecule is CCCn1c(SCC(=O)Nc2ccc(I)cc2C)nnc1-c1ccncc1. The van der Waals surface area contributed by atoms with Crippen LogP contribution in [0, 0.1) is 10.5 Å². The number of hydrogen-bond donors (Lipinski definition) is 1. The van der Waals surface area contributed by atoms with Gasteiger partial charge in [0, 0.05) is 33.8 Å². The van der Waals surface area contributed by atoms with E-state index in [0.29, 0.717) is 0 Å². The van der Waals surface area contributed by atoms with Crippen molar-refractivity contribution in [3.8, 4) is 11.4 Å². The Morgan fingerprint density at radius 1 is 1.22 bits per heavy atom. The fourth-order valence-corrected chi connectivity index (χ4v) is 4.03. The Bertz CT molecular complexity index is 929. The molecule has 2 heterocycles. The summed E-state index contributed by atoms with van der Waals surface area (Å²) in [5, 5.41) is 12.3. The van der Waals surface area contributed by atoms with Gasteiger partial charge in [-0.2, -0.15) is 0 Å². The lowest BCUT2D eigenvalue weighted by molar-refractivity contribution is -0.113. The van der Waals surface area contributed by atoms with Crippen molar-refractivity contribution in [1.82, 2.24) is 19.7 Å². The third-order valence-electron chi connectivity index (χ3n) is 3.90. The highest BCUT2D eigenvalue weighted by atomic mass is 127. The first-order chi connectivity index (χ1) is 13.1. The minimum Gasteiger partial charge on any atom is -0.325 e. The predicted octanol–water partition coefficient (Wildman–Crippen LogP) is 4.39. The number of benzene rings is 1. The fraction of sp³-hybridized carbons (Fsp3) is 0.263. The van der Waals surface area contributed by atoms with Gasteiger partial charge >= 0.3 is 0 Å². The van der Waals surface area contributed by atoms with E-state index in [1.807, 2.05) is 37.3 Å². The molecule has 0 unspecified atom stereocenters. The van der Waals surface area contributed by atoms with Crippen LogP contribution in [0.5, 0.6) is 0 Å². The van der Waals surface area contributed by atoms with Crippen molar-refractivity contribution in [1.29, 1.82) is 0 Å². The largest absolute Gasteiger partial charge is 0.325 e. The smallest absolute Gasteiger partial charge is 0.234 e. The summed E-state index contributed by atoms with van der Waals surface area (Å²) in [5.41, 5.74) is 2.86. The van der Waals surface area contributed by atoms with Gasteiger partial charge in [-0.15, -0.1) is 10.2 Å². The quantitative estimate of drug-likeness (QED) is 0.391. The summed E-state index contributed by atoms with van der Waals surface area (Å²) in [7, 11) is 0. The maximum Gasteiger partial charge on any atom is 0.234 e. The van der Waals surface area contributed by atoms with Gasteiger partial charge in [-0.1, -0.05) is 18.7 Å². The molecule has 6 nitrogen and oxygen atoms in total. The molecular formula is C19H20IN5OS. The van der Waals surface area contributed by atoms with Crippen LogP contribution in [0.4, 0.5) is 5.69 Å². The number of halogens is 1. The number of nitrogens with one attached hydrogen (secondary N) is 1. The molecule has 0 aliphatic heterocycles. The van der Waals surface area contributed by atoms with Crippen LogP contribution in [-0.4, -0.2) is 31.4 Å². The first-order valence-electron chi connectivity index (χ1n) is 8.61. The minimum absolute atomic E-state index is 0.0548. The number of thioether (sulfide) groups is 1. The number of carbonyl (C=O) groups is 1. The van der Waals surface area contributed by atoms with Gasteiger partial charge in [0.25, 0.3) is 0 Å².